The van der Waals surface area contributed by atoms with Gasteiger partial charge in [-0.2, -0.15) is 0 Å². The van der Waals surface area contributed by atoms with Gasteiger partial charge in [0.05, 0.1) is 7.11 Å². The van der Waals surface area contributed by atoms with Crippen molar-refractivity contribution in [3.63, 3.8) is 0 Å². The predicted molar refractivity (Wildman–Crippen MR) is 151 cm³/mol. The van der Waals surface area contributed by atoms with E-state index in [2.05, 4.69) is 10.3 Å². The maximum atomic E-state index is 13.2. The number of ether oxygens (including phenoxy) is 3. The van der Waals surface area contributed by atoms with Crippen molar-refractivity contribution in [3.8, 4) is 11.5 Å². The summed E-state index contributed by atoms with van der Waals surface area (Å²) >= 11 is 0. The molecular formula is C32H34N2O6. The van der Waals surface area contributed by atoms with Crippen LogP contribution in [0.25, 0.3) is 5.57 Å². The third-order valence-corrected chi connectivity index (χ3v) is 6.81. The molecule has 208 valence electrons. The Bertz CT molecular complexity index is 1410. The van der Waals surface area contributed by atoms with Gasteiger partial charge in [0, 0.05) is 24.3 Å². The molecule has 1 aliphatic carbocycles. The van der Waals surface area contributed by atoms with Crippen molar-refractivity contribution in [2.75, 3.05) is 7.11 Å². The Morgan fingerprint density at radius 3 is 2.12 bits per heavy atom. The molecule has 0 saturated heterocycles. The van der Waals surface area contributed by atoms with Crippen molar-refractivity contribution in [2.24, 2.45) is 5.92 Å². The number of esters is 2. The van der Waals surface area contributed by atoms with Gasteiger partial charge in [0.25, 0.3) is 5.91 Å². The zero-order valence-corrected chi connectivity index (χ0v) is 23.4. The number of pyridine rings is 1. The molecular weight excluding hydrogens is 508 g/mol. The van der Waals surface area contributed by atoms with Crippen LogP contribution in [0.2, 0.25) is 0 Å². The zero-order valence-electron chi connectivity index (χ0n) is 23.4. The first-order chi connectivity index (χ1) is 19.2. The van der Waals surface area contributed by atoms with Gasteiger partial charge in [-0.3, -0.25) is 9.59 Å². The van der Waals surface area contributed by atoms with Crippen LogP contribution in [0, 0.1) is 19.8 Å². The van der Waals surface area contributed by atoms with Crippen LogP contribution in [0.15, 0.2) is 66.6 Å². The van der Waals surface area contributed by atoms with Gasteiger partial charge in [-0.15, -0.1) is 0 Å². The Morgan fingerprint density at radius 2 is 1.57 bits per heavy atom. The lowest BCUT2D eigenvalue weighted by molar-refractivity contribution is -0.141. The van der Waals surface area contributed by atoms with Gasteiger partial charge in [0.15, 0.2) is 11.4 Å². The number of hydrogen-bond donors (Lipinski definition) is 1. The Balaban J connectivity index is 1.56. The second kappa shape index (κ2) is 12.6. The molecule has 1 aromatic heterocycles. The number of rotatable bonds is 10. The molecule has 8 heteroatoms. The lowest BCUT2D eigenvalue weighted by Crippen LogP contribution is -2.40. The first kappa shape index (κ1) is 28.5. The average Bonchev–Trinajstić information content (AvgIpc) is 3.74. The van der Waals surface area contributed by atoms with E-state index in [1.165, 1.54) is 26.3 Å². The molecule has 1 aliphatic rings. The highest BCUT2D eigenvalue weighted by Gasteiger charge is 2.29. The van der Waals surface area contributed by atoms with Crippen LogP contribution in [0.3, 0.4) is 0 Å². The summed E-state index contributed by atoms with van der Waals surface area (Å²) in [6.07, 6.45) is 3.60. The summed E-state index contributed by atoms with van der Waals surface area (Å²) in [5, 5.41) is 2.62. The lowest BCUT2D eigenvalue weighted by Gasteiger charge is -2.19. The van der Waals surface area contributed by atoms with Gasteiger partial charge >= 0.3 is 11.9 Å². The molecule has 0 unspecified atom stereocenters. The van der Waals surface area contributed by atoms with E-state index in [0.717, 1.165) is 40.7 Å². The molecule has 40 heavy (non-hydrogen) atoms. The number of methoxy groups -OCH3 is 1. The minimum Gasteiger partial charge on any atom is -0.493 e. The molecule has 1 amide bonds. The molecule has 4 rings (SSSR count). The summed E-state index contributed by atoms with van der Waals surface area (Å²) in [5.41, 5.74) is 4.59. The van der Waals surface area contributed by atoms with Crippen LogP contribution in [-0.2, 0) is 14.3 Å². The molecule has 0 radical (unpaired) electrons. The van der Waals surface area contributed by atoms with E-state index in [1.807, 2.05) is 62.4 Å². The van der Waals surface area contributed by atoms with E-state index in [9.17, 15) is 14.4 Å². The topological polar surface area (TPSA) is 104 Å². The van der Waals surface area contributed by atoms with Crippen molar-refractivity contribution in [3.05, 3.63) is 94.5 Å². The highest BCUT2D eigenvalue weighted by atomic mass is 16.6. The average molecular weight is 543 g/mol. The molecule has 1 heterocycles. The smallest absolute Gasteiger partial charge is 0.333 e. The Labute approximate surface area is 234 Å². The number of aryl methyl sites for hydroxylation is 2. The molecule has 1 saturated carbocycles. The largest absolute Gasteiger partial charge is 0.493 e. The SMILES string of the molecule is COc1ccnc(C(=O)N[C@@H](C)C(=O)OC(C)=C(c2ccccc2C)c2ccccc2C)c1OC(=O)CC1CC1. The predicted octanol–water partition coefficient (Wildman–Crippen LogP) is 5.55. The van der Waals surface area contributed by atoms with Crippen molar-refractivity contribution in [1.29, 1.82) is 0 Å². The number of nitrogens with zero attached hydrogens (tertiary/aromatic N) is 1. The molecule has 1 atom stereocenters. The minimum absolute atomic E-state index is 0.0776. The van der Waals surface area contributed by atoms with Crippen LogP contribution in [0.5, 0.6) is 11.5 Å². The van der Waals surface area contributed by atoms with Gasteiger partial charge in [0.1, 0.15) is 11.8 Å². The van der Waals surface area contributed by atoms with Crippen molar-refractivity contribution >= 4 is 23.4 Å². The number of nitrogens with one attached hydrogen (secondary N) is 1. The number of hydrogen-bond acceptors (Lipinski definition) is 7. The quantitative estimate of drug-likeness (QED) is 0.264. The number of benzene rings is 2. The van der Waals surface area contributed by atoms with Gasteiger partial charge in [-0.25, -0.2) is 9.78 Å². The van der Waals surface area contributed by atoms with Crippen LogP contribution < -0.4 is 14.8 Å². The van der Waals surface area contributed by atoms with E-state index in [0.29, 0.717) is 11.7 Å². The second-order valence-electron chi connectivity index (χ2n) is 9.99. The third kappa shape index (κ3) is 6.75. The molecule has 0 bridgehead atoms. The number of amides is 1. The van der Waals surface area contributed by atoms with Crippen molar-refractivity contribution in [2.45, 2.75) is 53.0 Å². The van der Waals surface area contributed by atoms with E-state index < -0.39 is 23.9 Å². The number of carbonyl (C=O) groups is 3. The Hall–Kier alpha value is -4.46. The van der Waals surface area contributed by atoms with Gasteiger partial charge in [0.2, 0.25) is 5.75 Å². The third-order valence-electron chi connectivity index (χ3n) is 6.81. The fraction of sp³-hybridized carbons (Fsp3) is 0.312. The fourth-order valence-electron chi connectivity index (χ4n) is 4.41. The monoisotopic (exact) mass is 542 g/mol. The van der Waals surface area contributed by atoms with Gasteiger partial charge < -0.3 is 19.5 Å². The van der Waals surface area contributed by atoms with E-state index in [1.54, 1.807) is 6.92 Å². The van der Waals surface area contributed by atoms with Crippen molar-refractivity contribution < 1.29 is 28.6 Å². The Kier molecular flexibility index (Phi) is 8.99. The van der Waals surface area contributed by atoms with Crippen LogP contribution in [-0.4, -0.2) is 36.0 Å². The molecule has 8 nitrogen and oxygen atoms in total. The van der Waals surface area contributed by atoms with E-state index >= 15 is 0 Å². The minimum atomic E-state index is -1.03. The summed E-state index contributed by atoms with van der Waals surface area (Å²) in [6.45, 7) is 7.26. The van der Waals surface area contributed by atoms with Crippen molar-refractivity contribution in [1.82, 2.24) is 10.3 Å². The first-order valence-electron chi connectivity index (χ1n) is 13.3. The fourth-order valence-corrected chi connectivity index (χ4v) is 4.41. The Morgan fingerprint density at radius 1 is 0.975 bits per heavy atom. The van der Waals surface area contributed by atoms with Gasteiger partial charge in [-0.05, 0) is 68.7 Å². The summed E-state index contributed by atoms with van der Waals surface area (Å²) in [7, 11) is 1.41. The molecule has 0 aliphatic heterocycles. The lowest BCUT2D eigenvalue weighted by atomic mass is 9.91. The molecule has 3 aromatic rings. The molecule has 2 aromatic carbocycles. The van der Waals surface area contributed by atoms with Crippen LogP contribution in [0.4, 0.5) is 0 Å². The normalized spacial score (nSPS) is 13.1. The maximum absolute atomic E-state index is 13.2. The number of carbonyl (C=O) groups excluding carboxylic acids is 3. The first-order valence-corrected chi connectivity index (χ1v) is 13.3. The van der Waals surface area contributed by atoms with E-state index in [-0.39, 0.29) is 23.6 Å². The molecule has 1 fully saturated rings. The standard InChI is InChI=1S/C32H34N2O6/c1-19-10-6-8-12-24(19)28(25-13-9-7-11-20(25)2)22(4)39-32(37)21(3)34-31(36)29-30(26(38-5)16-17-33-29)40-27(35)18-23-14-15-23/h6-13,16-17,21,23H,14-15,18H2,1-5H3,(H,34,36)/t21-/m0/s1. The maximum Gasteiger partial charge on any atom is 0.333 e. The molecule has 0 spiro atoms. The summed E-state index contributed by atoms with van der Waals surface area (Å²) in [5.74, 6) is -0.980. The summed E-state index contributed by atoms with van der Waals surface area (Å²) in [6, 6.07) is 16.2. The summed E-state index contributed by atoms with van der Waals surface area (Å²) < 4.78 is 16.6. The van der Waals surface area contributed by atoms with Crippen LogP contribution >= 0.6 is 0 Å². The number of aromatic nitrogens is 1. The van der Waals surface area contributed by atoms with Crippen LogP contribution in [0.1, 0.15) is 65.9 Å². The second-order valence-corrected chi connectivity index (χ2v) is 9.99. The zero-order chi connectivity index (χ0) is 28.8. The highest BCUT2D eigenvalue weighted by molar-refractivity contribution is 5.99. The van der Waals surface area contributed by atoms with E-state index in [4.69, 9.17) is 14.2 Å². The molecule has 1 N–H and O–H groups in total. The summed E-state index contributed by atoms with van der Waals surface area (Å²) in [4.78, 5) is 42.8. The number of allylic oxidation sites excluding steroid dienone is 1. The van der Waals surface area contributed by atoms with Gasteiger partial charge in [-0.1, -0.05) is 48.5 Å². The highest BCUT2D eigenvalue weighted by Crippen LogP contribution is 2.35.